The van der Waals surface area contributed by atoms with Gasteiger partial charge < -0.3 is 10.2 Å². The summed E-state index contributed by atoms with van der Waals surface area (Å²) in [6.45, 7) is 8.31. The minimum Gasteiger partial charge on any atom is -0.372 e. The normalized spacial score (nSPS) is 10.8. The Kier molecular flexibility index (Phi) is 5.54. The van der Waals surface area contributed by atoms with Crippen LogP contribution in [-0.2, 0) is 6.54 Å². The van der Waals surface area contributed by atoms with Crippen LogP contribution in [0.3, 0.4) is 0 Å². The molecule has 140 valence electrons. The summed E-state index contributed by atoms with van der Waals surface area (Å²) < 4.78 is 1.32. The van der Waals surface area contributed by atoms with Gasteiger partial charge in [-0.25, -0.2) is 4.68 Å². The maximum atomic E-state index is 12.8. The molecule has 0 unspecified atom stereocenters. The molecule has 0 atom stereocenters. The summed E-state index contributed by atoms with van der Waals surface area (Å²) in [6.07, 6.45) is 0. The van der Waals surface area contributed by atoms with E-state index < -0.39 is 0 Å². The maximum Gasteiger partial charge on any atom is 0.276 e. The van der Waals surface area contributed by atoms with E-state index in [-0.39, 0.29) is 17.2 Å². The number of aryl methyl sites for hydroxylation is 1. The second-order valence-corrected chi connectivity index (χ2v) is 6.19. The smallest absolute Gasteiger partial charge is 0.276 e. The van der Waals surface area contributed by atoms with Crippen molar-refractivity contribution in [2.75, 3.05) is 23.3 Å². The van der Waals surface area contributed by atoms with E-state index in [9.17, 15) is 9.59 Å². The van der Waals surface area contributed by atoms with Crippen LogP contribution in [0.15, 0.2) is 53.3 Å². The van der Waals surface area contributed by atoms with Crippen molar-refractivity contribution < 1.29 is 4.79 Å². The van der Waals surface area contributed by atoms with E-state index in [2.05, 4.69) is 29.2 Å². The summed E-state index contributed by atoms with van der Waals surface area (Å²) in [6, 6.07) is 14.8. The molecule has 6 nitrogen and oxygen atoms in total. The Balaban J connectivity index is 1.93. The highest BCUT2D eigenvalue weighted by atomic mass is 16.2. The molecule has 2 aromatic carbocycles. The summed E-state index contributed by atoms with van der Waals surface area (Å²) >= 11 is 0. The van der Waals surface area contributed by atoms with Crippen LogP contribution in [0.1, 0.15) is 31.3 Å². The largest absolute Gasteiger partial charge is 0.372 e. The minimum absolute atomic E-state index is 0.187. The monoisotopic (exact) mass is 364 g/mol. The fourth-order valence-corrected chi connectivity index (χ4v) is 3.15. The van der Waals surface area contributed by atoms with Gasteiger partial charge in [0.2, 0.25) is 0 Å². The van der Waals surface area contributed by atoms with Crippen LogP contribution in [0.2, 0.25) is 0 Å². The first kappa shape index (κ1) is 18.6. The molecule has 0 spiro atoms. The van der Waals surface area contributed by atoms with Gasteiger partial charge in [0.25, 0.3) is 11.5 Å². The van der Waals surface area contributed by atoms with Gasteiger partial charge in [-0.05, 0) is 51.1 Å². The number of hydrogen-bond acceptors (Lipinski definition) is 4. The third-order valence-corrected chi connectivity index (χ3v) is 4.64. The lowest BCUT2D eigenvalue weighted by Gasteiger charge is -2.21. The molecule has 1 heterocycles. The Labute approximate surface area is 158 Å². The number of rotatable bonds is 6. The average molecular weight is 364 g/mol. The Hall–Kier alpha value is -3.15. The van der Waals surface area contributed by atoms with Crippen LogP contribution in [0.5, 0.6) is 0 Å². The number of carbonyl (C=O) groups excluding carboxylic acids is 1. The van der Waals surface area contributed by atoms with Gasteiger partial charge in [0, 0.05) is 36.4 Å². The lowest BCUT2D eigenvalue weighted by Crippen LogP contribution is -2.27. The molecule has 0 aliphatic rings. The molecule has 27 heavy (non-hydrogen) atoms. The van der Waals surface area contributed by atoms with Gasteiger partial charge in [0.15, 0.2) is 5.69 Å². The third-order valence-electron chi connectivity index (χ3n) is 4.64. The molecular weight excluding hydrogens is 340 g/mol. The van der Waals surface area contributed by atoms with Crippen LogP contribution in [-0.4, -0.2) is 28.8 Å². The van der Waals surface area contributed by atoms with E-state index in [1.54, 1.807) is 24.3 Å². The number of amides is 1. The molecule has 0 saturated heterocycles. The minimum atomic E-state index is -0.330. The lowest BCUT2D eigenvalue weighted by atomic mass is 10.1. The summed E-state index contributed by atoms with van der Waals surface area (Å²) in [4.78, 5) is 27.5. The number of anilines is 2. The zero-order valence-corrected chi connectivity index (χ0v) is 15.9. The van der Waals surface area contributed by atoms with Crippen LogP contribution in [0.4, 0.5) is 11.4 Å². The van der Waals surface area contributed by atoms with Crippen LogP contribution in [0.25, 0.3) is 10.8 Å². The summed E-state index contributed by atoms with van der Waals surface area (Å²) in [5, 5.41) is 8.22. The Morgan fingerprint density at radius 2 is 1.63 bits per heavy atom. The predicted octanol–water partition coefficient (Wildman–Crippen LogP) is 3.51. The molecule has 1 aromatic heterocycles. The second-order valence-electron chi connectivity index (χ2n) is 6.19. The summed E-state index contributed by atoms with van der Waals surface area (Å²) in [5.74, 6) is -0.330. The molecule has 1 N–H and O–H groups in total. The van der Waals surface area contributed by atoms with Gasteiger partial charge in [0.05, 0.1) is 5.39 Å². The highest BCUT2D eigenvalue weighted by Crippen LogP contribution is 2.19. The first-order valence-corrected chi connectivity index (χ1v) is 9.25. The Morgan fingerprint density at radius 1 is 1.00 bits per heavy atom. The molecule has 6 heteroatoms. The van der Waals surface area contributed by atoms with Gasteiger partial charge in [-0.1, -0.05) is 18.2 Å². The van der Waals surface area contributed by atoms with Crippen molar-refractivity contribution >= 4 is 28.1 Å². The van der Waals surface area contributed by atoms with E-state index >= 15 is 0 Å². The van der Waals surface area contributed by atoms with Gasteiger partial charge in [-0.15, -0.1) is 0 Å². The van der Waals surface area contributed by atoms with Crippen molar-refractivity contribution in [2.45, 2.75) is 27.3 Å². The molecule has 0 radical (unpaired) electrons. The van der Waals surface area contributed by atoms with Gasteiger partial charge in [-0.3, -0.25) is 9.59 Å². The van der Waals surface area contributed by atoms with Crippen molar-refractivity contribution in [1.82, 2.24) is 9.78 Å². The van der Waals surface area contributed by atoms with Gasteiger partial charge >= 0.3 is 0 Å². The standard InChI is InChI=1S/C21H24N4O2/c1-4-24(5-2)16-13-11-15(12-14-16)22-20(26)19-17-9-7-8-10-18(17)21(27)25(6-3)23-19/h7-14H,4-6H2,1-3H3,(H,22,26). The SMILES string of the molecule is CCN(CC)c1ccc(NC(=O)c2nn(CC)c(=O)c3ccccc23)cc1. The van der Waals surface area contributed by atoms with E-state index in [1.165, 1.54) is 4.68 Å². The molecule has 0 bridgehead atoms. The number of benzene rings is 2. The Morgan fingerprint density at radius 3 is 2.22 bits per heavy atom. The number of fused-ring (bicyclic) bond motifs is 1. The number of nitrogens with one attached hydrogen (secondary N) is 1. The molecular formula is C21H24N4O2. The van der Waals surface area contributed by atoms with Crippen molar-refractivity contribution in [2.24, 2.45) is 0 Å². The van der Waals surface area contributed by atoms with Crippen molar-refractivity contribution in [1.29, 1.82) is 0 Å². The zero-order chi connectivity index (χ0) is 19.4. The summed E-state index contributed by atoms with van der Waals surface area (Å²) in [5.41, 5.74) is 1.87. The van der Waals surface area contributed by atoms with E-state index in [1.807, 2.05) is 31.2 Å². The van der Waals surface area contributed by atoms with Crippen molar-refractivity contribution in [3.8, 4) is 0 Å². The van der Waals surface area contributed by atoms with E-state index in [0.29, 0.717) is 23.0 Å². The van der Waals surface area contributed by atoms with Gasteiger partial charge in [-0.2, -0.15) is 5.10 Å². The number of carbonyl (C=O) groups is 1. The zero-order valence-electron chi connectivity index (χ0n) is 15.9. The molecule has 0 aliphatic carbocycles. The number of aromatic nitrogens is 2. The van der Waals surface area contributed by atoms with Crippen LogP contribution >= 0.6 is 0 Å². The molecule has 3 aromatic rings. The highest BCUT2D eigenvalue weighted by molar-refractivity contribution is 6.11. The third kappa shape index (κ3) is 3.69. The van der Waals surface area contributed by atoms with Crippen molar-refractivity contribution in [3.63, 3.8) is 0 Å². The molecule has 3 rings (SSSR count). The fraction of sp³-hybridized carbons (Fsp3) is 0.286. The van der Waals surface area contributed by atoms with E-state index in [0.717, 1.165) is 18.8 Å². The van der Waals surface area contributed by atoms with Crippen LogP contribution in [0, 0.1) is 0 Å². The second kappa shape index (κ2) is 8.03. The van der Waals surface area contributed by atoms with Crippen molar-refractivity contribution in [3.05, 3.63) is 64.6 Å². The van der Waals surface area contributed by atoms with Gasteiger partial charge in [0.1, 0.15) is 0 Å². The fourth-order valence-electron chi connectivity index (χ4n) is 3.15. The predicted molar refractivity (Wildman–Crippen MR) is 110 cm³/mol. The quantitative estimate of drug-likeness (QED) is 0.727. The van der Waals surface area contributed by atoms with E-state index in [4.69, 9.17) is 0 Å². The number of nitrogens with zero attached hydrogens (tertiary/aromatic N) is 3. The topological polar surface area (TPSA) is 67.2 Å². The first-order chi connectivity index (χ1) is 13.1. The Bertz CT molecular complexity index is 1000. The summed E-state index contributed by atoms with van der Waals surface area (Å²) in [7, 11) is 0. The highest BCUT2D eigenvalue weighted by Gasteiger charge is 2.16. The van der Waals surface area contributed by atoms with Crippen LogP contribution < -0.4 is 15.8 Å². The number of hydrogen-bond donors (Lipinski definition) is 1. The lowest BCUT2D eigenvalue weighted by molar-refractivity contribution is 0.102. The molecule has 1 amide bonds. The molecule has 0 fully saturated rings. The maximum absolute atomic E-state index is 12.8. The molecule has 0 aliphatic heterocycles. The first-order valence-electron chi connectivity index (χ1n) is 9.25. The molecule has 0 saturated carbocycles. The average Bonchev–Trinajstić information content (AvgIpc) is 2.70.